The Hall–Kier alpha value is -1.91. The van der Waals surface area contributed by atoms with Crippen LogP contribution in [0.5, 0.6) is 5.75 Å². The Morgan fingerprint density at radius 2 is 2.00 bits per heavy atom. The number of hydrogen-bond donors (Lipinski definition) is 1. The van der Waals surface area contributed by atoms with Crippen LogP contribution in [0.25, 0.3) is 11.3 Å². The molecule has 0 aliphatic rings. The van der Waals surface area contributed by atoms with Gasteiger partial charge in [-0.3, -0.25) is 0 Å². The minimum absolute atomic E-state index is 0.257. The zero-order valence-corrected chi connectivity index (χ0v) is 12.6. The van der Waals surface area contributed by atoms with E-state index in [0.717, 1.165) is 10.5 Å². The molecule has 3 nitrogen and oxygen atoms in total. The fraction of sp³-hybridized carbons (Fsp3) is 0.0625. The van der Waals surface area contributed by atoms with E-state index in [0.29, 0.717) is 22.4 Å². The van der Waals surface area contributed by atoms with Gasteiger partial charge in [-0.25, -0.2) is 4.98 Å². The fourth-order valence-electron chi connectivity index (χ4n) is 1.87. The maximum atomic E-state index is 9.42. The van der Waals surface area contributed by atoms with Crippen molar-refractivity contribution in [1.82, 2.24) is 4.98 Å². The van der Waals surface area contributed by atoms with Gasteiger partial charge in [0.25, 0.3) is 0 Å². The Morgan fingerprint density at radius 3 is 2.81 bits per heavy atom. The number of benzene rings is 2. The Kier molecular flexibility index (Phi) is 4.18. The first-order valence-corrected chi connectivity index (χ1v) is 7.69. The maximum absolute atomic E-state index is 9.42. The van der Waals surface area contributed by atoms with E-state index < -0.39 is 0 Å². The lowest BCUT2D eigenvalue weighted by Crippen LogP contribution is -1.79. The van der Waals surface area contributed by atoms with Crippen LogP contribution >= 0.6 is 23.4 Å². The van der Waals surface area contributed by atoms with Crippen molar-refractivity contribution in [3.8, 4) is 17.1 Å². The first-order valence-electron chi connectivity index (χ1n) is 6.33. The summed E-state index contributed by atoms with van der Waals surface area (Å²) in [5.41, 5.74) is 0.906. The van der Waals surface area contributed by atoms with Crippen molar-refractivity contribution in [3.63, 3.8) is 0 Å². The Balaban J connectivity index is 1.71. The summed E-state index contributed by atoms with van der Waals surface area (Å²) in [5, 5.41) is 10.1. The lowest BCUT2D eigenvalue weighted by atomic mass is 10.2. The largest absolute Gasteiger partial charge is 0.508 e. The predicted octanol–water partition coefficient (Wildman–Crippen LogP) is 4.99. The summed E-state index contributed by atoms with van der Waals surface area (Å²) in [7, 11) is 0. The van der Waals surface area contributed by atoms with Crippen molar-refractivity contribution in [2.24, 2.45) is 0 Å². The molecule has 0 amide bonds. The molecule has 0 aliphatic carbocycles. The van der Waals surface area contributed by atoms with Crippen LogP contribution < -0.4 is 0 Å². The lowest BCUT2D eigenvalue weighted by Gasteiger charge is -2.00. The van der Waals surface area contributed by atoms with Gasteiger partial charge in [0.05, 0.1) is 11.9 Å². The number of aromatic hydroxyl groups is 1. The molecule has 0 bridgehead atoms. The Morgan fingerprint density at radius 1 is 1.14 bits per heavy atom. The third-order valence-corrected chi connectivity index (χ3v) is 4.06. The molecule has 1 N–H and O–H groups in total. The second-order valence-electron chi connectivity index (χ2n) is 4.41. The van der Waals surface area contributed by atoms with Crippen LogP contribution in [0.2, 0.25) is 5.02 Å². The molecular formula is C16H12ClNO2S. The summed E-state index contributed by atoms with van der Waals surface area (Å²) in [6.07, 6.45) is 1.70. The monoisotopic (exact) mass is 317 g/mol. The summed E-state index contributed by atoms with van der Waals surface area (Å²) in [4.78, 5) is 5.24. The van der Waals surface area contributed by atoms with Crippen LogP contribution in [0.4, 0.5) is 0 Å². The molecule has 0 fully saturated rings. The molecule has 0 saturated carbocycles. The molecule has 0 spiro atoms. The average molecular weight is 318 g/mol. The summed E-state index contributed by atoms with van der Waals surface area (Å²) < 4.78 is 5.72. The van der Waals surface area contributed by atoms with Crippen molar-refractivity contribution in [2.45, 2.75) is 10.6 Å². The molecule has 3 rings (SSSR count). The molecule has 0 aliphatic heterocycles. The SMILES string of the molecule is Oc1cccc(SCc2ncc(-c3cccc(Cl)c3)o2)c1. The first kappa shape index (κ1) is 14.0. The van der Waals surface area contributed by atoms with E-state index in [2.05, 4.69) is 4.98 Å². The topological polar surface area (TPSA) is 46.3 Å². The Labute approximate surface area is 131 Å². The van der Waals surface area contributed by atoms with Crippen LogP contribution in [0.1, 0.15) is 5.89 Å². The van der Waals surface area contributed by atoms with Gasteiger partial charge in [0.15, 0.2) is 5.76 Å². The minimum Gasteiger partial charge on any atom is -0.508 e. The van der Waals surface area contributed by atoms with Crippen LogP contribution in [-0.2, 0) is 5.75 Å². The minimum atomic E-state index is 0.257. The summed E-state index contributed by atoms with van der Waals surface area (Å²) in [6, 6.07) is 14.6. The molecule has 0 radical (unpaired) electrons. The van der Waals surface area contributed by atoms with E-state index in [1.165, 1.54) is 0 Å². The van der Waals surface area contributed by atoms with Gasteiger partial charge in [-0.2, -0.15) is 0 Å². The molecule has 0 atom stereocenters. The molecule has 1 heterocycles. The van der Waals surface area contributed by atoms with Crippen LogP contribution in [0, 0.1) is 0 Å². The van der Waals surface area contributed by atoms with E-state index in [-0.39, 0.29) is 5.75 Å². The van der Waals surface area contributed by atoms with Gasteiger partial charge in [0, 0.05) is 15.5 Å². The number of phenolic OH excluding ortho intramolecular Hbond substituents is 1. The number of aromatic nitrogens is 1. The molecule has 21 heavy (non-hydrogen) atoms. The number of oxazole rings is 1. The number of rotatable bonds is 4. The van der Waals surface area contributed by atoms with E-state index in [1.807, 2.05) is 36.4 Å². The van der Waals surface area contributed by atoms with Crippen LogP contribution in [0.3, 0.4) is 0 Å². The zero-order valence-electron chi connectivity index (χ0n) is 11.0. The van der Waals surface area contributed by atoms with Gasteiger partial charge in [0.1, 0.15) is 5.75 Å². The summed E-state index contributed by atoms with van der Waals surface area (Å²) in [5.74, 6) is 2.19. The lowest BCUT2D eigenvalue weighted by molar-refractivity contribution is 0.474. The fourth-order valence-corrected chi connectivity index (χ4v) is 2.86. The van der Waals surface area contributed by atoms with Gasteiger partial charge in [-0.05, 0) is 30.3 Å². The van der Waals surface area contributed by atoms with Crippen molar-refractivity contribution in [3.05, 3.63) is 65.6 Å². The van der Waals surface area contributed by atoms with Crippen molar-refractivity contribution in [1.29, 1.82) is 0 Å². The molecular weight excluding hydrogens is 306 g/mol. The summed E-state index contributed by atoms with van der Waals surface area (Å²) in [6.45, 7) is 0. The molecule has 3 aromatic rings. The number of thioether (sulfide) groups is 1. The van der Waals surface area contributed by atoms with E-state index in [4.69, 9.17) is 16.0 Å². The molecule has 0 saturated heterocycles. The molecule has 106 valence electrons. The smallest absolute Gasteiger partial charge is 0.205 e. The van der Waals surface area contributed by atoms with Crippen molar-refractivity contribution < 1.29 is 9.52 Å². The zero-order chi connectivity index (χ0) is 14.7. The van der Waals surface area contributed by atoms with E-state index in [9.17, 15) is 5.11 Å². The normalized spacial score (nSPS) is 10.7. The van der Waals surface area contributed by atoms with E-state index >= 15 is 0 Å². The highest BCUT2D eigenvalue weighted by Crippen LogP contribution is 2.28. The number of phenols is 1. The third-order valence-electron chi connectivity index (χ3n) is 2.84. The molecule has 1 aromatic heterocycles. The third kappa shape index (κ3) is 3.60. The van der Waals surface area contributed by atoms with Crippen molar-refractivity contribution in [2.75, 3.05) is 0 Å². The quantitative estimate of drug-likeness (QED) is 0.688. The van der Waals surface area contributed by atoms with Crippen molar-refractivity contribution >= 4 is 23.4 Å². The highest BCUT2D eigenvalue weighted by molar-refractivity contribution is 7.98. The Bertz CT molecular complexity index is 757. The van der Waals surface area contributed by atoms with Gasteiger partial charge >= 0.3 is 0 Å². The maximum Gasteiger partial charge on any atom is 0.205 e. The molecule has 0 unspecified atom stereocenters. The predicted molar refractivity (Wildman–Crippen MR) is 84.6 cm³/mol. The highest BCUT2D eigenvalue weighted by Gasteiger charge is 2.07. The van der Waals surface area contributed by atoms with Gasteiger partial charge in [-0.1, -0.05) is 29.8 Å². The summed E-state index contributed by atoms with van der Waals surface area (Å²) >= 11 is 7.52. The van der Waals surface area contributed by atoms with Gasteiger partial charge in [-0.15, -0.1) is 11.8 Å². The van der Waals surface area contributed by atoms with Gasteiger partial charge in [0.2, 0.25) is 5.89 Å². The number of nitrogens with zero attached hydrogens (tertiary/aromatic N) is 1. The van der Waals surface area contributed by atoms with E-state index in [1.54, 1.807) is 30.1 Å². The van der Waals surface area contributed by atoms with Crippen LogP contribution in [-0.4, -0.2) is 10.1 Å². The average Bonchev–Trinajstić information content (AvgIpc) is 2.94. The molecule has 5 heteroatoms. The highest BCUT2D eigenvalue weighted by atomic mass is 35.5. The standard InChI is InChI=1S/C16H12ClNO2S/c17-12-4-1-3-11(7-12)15-9-18-16(20-15)10-21-14-6-2-5-13(19)8-14/h1-9,19H,10H2. The molecule has 2 aromatic carbocycles. The number of halogens is 1. The van der Waals surface area contributed by atoms with Gasteiger partial charge < -0.3 is 9.52 Å². The second kappa shape index (κ2) is 6.24. The number of hydrogen-bond acceptors (Lipinski definition) is 4. The second-order valence-corrected chi connectivity index (χ2v) is 5.90. The van der Waals surface area contributed by atoms with Crippen LogP contribution in [0.15, 0.2) is 64.0 Å². The first-order chi connectivity index (χ1) is 10.2.